The third kappa shape index (κ3) is 4.75. The molecule has 0 radical (unpaired) electrons. The molecular formula is C19H30N2O. The number of hydrogen-bond acceptors (Lipinski definition) is 2. The van der Waals surface area contributed by atoms with Crippen LogP contribution in [0.25, 0.3) is 0 Å². The van der Waals surface area contributed by atoms with Crippen molar-refractivity contribution in [2.24, 2.45) is 5.92 Å². The number of anilines is 1. The highest BCUT2D eigenvalue weighted by Gasteiger charge is 2.26. The van der Waals surface area contributed by atoms with E-state index in [1.54, 1.807) is 0 Å². The topological polar surface area (TPSA) is 46.3 Å². The van der Waals surface area contributed by atoms with Crippen molar-refractivity contribution in [2.45, 2.75) is 64.8 Å². The molecule has 1 saturated heterocycles. The van der Waals surface area contributed by atoms with Gasteiger partial charge in [0.05, 0.1) is 0 Å². The molecule has 0 spiro atoms. The molecule has 0 aromatic heterocycles. The highest BCUT2D eigenvalue weighted by Crippen LogP contribution is 2.24. The monoisotopic (exact) mass is 302 g/mol. The van der Waals surface area contributed by atoms with Crippen LogP contribution in [0.5, 0.6) is 0 Å². The van der Waals surface area contributed by atoms with Crippen molar-refractivity contribution >= 4 is 11.6 Å². The van der Waals surface area contributed by atoms with E-state index in [1.807, 2.05) is 24.3 Å². The van der Waals surface area contributed by atoms with E-state index < -0.39 is 0 Å². The second-order valence-corrected chi connectivity index (χ2v) is 6.91. The maximum absolute atomic E-state index is 12.6. The number of piperidine rings is 1. The summed E-state index contributed by atoms with van der Waals surface area (Å²) in [5.41, 5.74) is 7.85. The van der Waals surface area contributed by atoms with Gasteiger partial charge in [-0.25, -0.2) is 0 Å². The van der Waals surface area contributed by atoms with Crippen molar-refractivity contribution in [1.29, 1.82) is 0 Å². The molecule has 1 amide bonds. The molecule has 0 saturated carbocycles. The maximum atomic E-state index is 12.6. The Morgan fingerprint density at radius 3 is 2.82 bits per heavy atom. The minimum absolute atomic E-state index is 0.303. The molecule has 1 aliphatic rings. The predicted molar refractivity (Wildman–Crippen MR) is 92.6 cm³/mol. The first-order valence-corrected chi connectivity index (χ1v) is 8.70. The lowest BCUT2D eigenvalue weighted by Crippen LogP contribution is -2.44. The Bertz CT molecular complexity index is 484. The summed E-state index contributed by atoms with van der Waals surface area (Å²) in [5.74, 6) is 1.01. The molecule has 1 heterocycles. The Hall–Kier alpha value is -1.51. The van der Waals surface area contributed by atoms with Gasteiger partial charge in [-0.3, -0.25) is 4.79 Å². The van der Waals surface area contributed by atoms with Crippen molar-refractivity contribution in [3.63, 3.8) is 0 Å². The fourth-order valence-corrected chi connectivity index (χ4v) is 3.30. The SMILES string of the molecule is CC(C)CCC1CCCCN1C(=O)CCc1ccccc1N. The number of nitrogens with two attached hydrogens (primary N) is 1. The van der Waals surface area contributed by atoms with Gasteiger partial charge >= 0.3 is 0 Å². The summed E-state index contributed by atoms with van der Waals surface area (Å²) in [4.78, 5) is 14.8. The van der Waals surface area contributed by atoms with E-state index in [9.17, 15) is 4.79 Å². The predicted octanol–water partition coefficient (Wildman–Crippen LogP) is 4.02. The molecule has 1 aromatic rings. The third-order valence-corrected chi connectivity index (χ3v) is 4.69. The van der Waals surface area contributed by atoms with Gasteiger partial charge in [-0.1, -0.05) is 32.0 Å². The van der Waals surface area contributed by atoms with Gasteiger partial charge in [0, 0.05) is 24.7 Å². The van der Waals surface area contributed by atoms with E-state index >= 15 is 0 Å². The van der Waals surface area contributed by atoms with E-state index in [4.69, 9.17) is 5.73 Å². The quantitative estimate of drug-likeness (QED) is 0.807. The van der Waals surface area contributed by atoms with Crippen molar-refractivity contribution in [3.05, 3.63) is 29.8 Å². The van der Waals surface area contributed by atoms with E-state index in [0.29, 0.717) is 24.3 Å². The number of nitrogens with zero attached hydrogens (tertiary/aromatic N) is 1. The van der Waals surface area contributed by atoms with Crippen LogP contribution in [0.3, 0.4) is 0 Å². The number of hydrogen-bond donors (Lipinski definition) is 1. The molecule has 3 heteroatoms. The number of nitrogen functional groups attached to an aromatic ring is 1. The first-order valence-electron chi connectivity index (χ1n) is 8.70. The number of rotatable bonds is 6. The van der Waals surface area contributed by atoms with Gasteiger partial charge in [-0.2, -0.15) is 0 Å². The van der Waals surface area contributed by atoms with E-state index in [0.717, 1.165) is 37.1 Å². The van der Waals surface area contributed by atoms with Gasteiger partial charge in [-0.15, -0.1) is 0 Å². The maximum Gasteiger partial charge on any atom is 0.223 e. The number of carbonyl (C=O) groups excluding carboxylic acids is 1. The van der Waals surface area contributed by atoms with Crippen LogP contribution in [0.1, 0.15) is 57.9 Å². The van der Waals surface area contributed by atoms with Crippen LogP contribution in [-0.2, 0) is 11.2 Å². The van der Waals surface area contributed by atoms with E-state index in [2.05, 4.69) is 18.7 Å². The summed E-state index contributed by atoms with van der Waals surface area (Å²) < 4.78 is 0. The number of benzene rings is 1. The highest BCUT2D eigenvalue weighted by atomic mass is 16.2. The summed E-state index contributed by atoms with van der Waals surface area (Å²) in [6, 6.07) is 8.31. The molecule has 1 fully saturated rings. The zero-order chi connectivity index (χ0) is 15.9. The van der Waals surface area contributed by atoms with Gasteiger partial charge in [0.15, 0.2) is 0 Å². The zero-order valence-corrected chi connectivity index (χ0v) is 14.1. The van der Waals surface area contributed by atoms with Crippen LogP contribution in [0.2, 0.25) is 0 Å². The summed E-state index contributed by atoms with van der Waals surface area (Å²) >= 11 is 0. The minimum Gasteiger partial charge on any atom is -0.399 e. The molecule has 2 N–H and O–H groups in total. The second-order valence-electron chi connectivity index (χ2n) is 6.91. The van der Waals surface area contributed by atoms with E-state index in [1.165, 1.54) is 19.3 Å². The molecule has 1 aromatic carbocycles. The largest absolute Gasteiger partial charge is 0.399 e. The van der Waals surface area contributed by atoms with Crippen molar-refractivity contribution < 1.29 is 4.79 Å². The van der Waals surface area contributed by atoms with Crippen LogP contribution >= 0.6 is 0 Å². The molecule has 122 valence electrons. The summed E-state index contributed by atoms with van der Waals surface area (Å²) in [7, 11) is 0. The molecule has 1 atom stereocenters. The van der Waals surface area contributed by atoms with Crippen LogP contribution in [0.4, 0.5) is 5.69 Å². The standard InChI is InChI=1S/C19H30N2O/c1-15(2)10-12-17-8-5-6-14-21(17)19(22)13-11-16-7-3-4-9-18(16)20/h3-4,7,9,15,17H,5-6,8,10-14,20H2,1-2H3. The third-order valence-electron chi connectivity index (χ3n) is 4.69. The van der Waals surface area contributed by atoms with Gasteiger partial charge in [0.1, 0.15) is 0 Å². The lowest BCUT2D eigenvalue weighted by Gasteiger charge is -2.36. The number of carbonyl (C=O) groups is 1. The normalized spacial score (nSPS) is 18.7. The lowest BCUT2D eigenvalue weighted by molar-refractivity contribution is -0.135. The Morgan fingerprint density at radius 2 is 2.09 bits per heavy atom. The second kappa shape index (κ2) is 8.21. The Morgan fingerprint density at radius 1 is 1.32 bits per heavy atom. The number of likely N-dealkylation sites (tertiary alicyclic amines) is 1. The van der Waals surface area contributed by atoms with Gasteiger partial charge in [0.2, 0.25) is 5.91 Å². The summed E-state index contributed by atoms with van der Waals surface area (Å²) in [5, 5.41) is 0. The van der Waals surface area contributed by atoms with Crippen molar-refractivity contribution in [2.75, 3.05) is 12.3 Å². The fraction of sp³-hybridized carbons (Fsp3) is 0.632. The molecule has 2 rings (SSSR count). The Balaban J connectivity index is 1.90. The minimum atomic E-state index is 0.303. The van der Waals surface area contributed by atoms with Gasteiger partial charge < -0.3 is 10.6 Å². The molecule has 0 aliphatic carbocycles. The number of aryl methyl sites for hydroxylation is 1. The van der Waals surface area contributed by atoms with Crippen molar-refractivity contribution in [1.82, 2.24) is 4.90 Å². The smallest absolute Gasteiger partial charge is 0.223 e. The fourth-order valence-electron chi connectivity index (χ4n) is 3.30. The molecule has 0 bridgehead atoms. The number of amides is 1. The van der Waals surface area contributed by atoms with Gasteiger partial charge in [-0.05, 0) is 56.1 Å². The highest BCUT2D eigenvalue weighted by molar-refractivity contribution is 5.77. The van der Waals surface area contributed by atoms with E-state index in [-0.39, 0.29) is 0 Å². The molecule has 22 heavy (non-hydrogen) atoms. The van der Waals surface area contributed by atoms with Crippen molar-refractivity contribution in [3.8, 4) is 0 Å². The number of para-hydroxylation sites is 1. The summed E-state index contributed by atoms with van der Waals surface area (Å²) in [6.07, 6.45) is 7.27. The van der Waals surface area contributed by atoms with Gasteiger partial charge in [0.25, 0.3) is 0 Å². The molecule has 1 aliphatic heterocycles. The van der Waals surface area contributed by atoms with Crippen LogP contribution < -0.4 is 5.73 Å². The molecular weight excluding hydrogens is 272 g/mol. The Labute approximate surface area is 134 Å². The van der Waals surface area contributed by atoms with Crippen LogP contribution in [0.15, 0.2) is 24.3 Å². The first-order chi connectivity index (χ1) is 10.6. The zero-order valence-electron chi connectivity index (χ0n) is 14.1. The Kier molecular flexibility index (Phi) is 6.29. The summed E-state index contributed by atoms with van der Waals surface area (Å²) in [6.45, 7) is 5.45. The average molecular weight is 302 g/mol. The average Bonchev–Trinajstić information content (AvgIpc) is 2.52. The molecule has 1 unspecified atom stereocenters. The lowest BCUT2D eigenvalue weighted by atomic mass is 9.94. The van der Waals surface area contributed by atoms with Crippen LogP contribution in [0, 0.1) is 5.92 Å². The first kappa shape index (κ1) is 16.9. The van der Waals surface area contributed by atoms with Crippen LogP contribution in [-0.4, -0.2) is 23.4 Å². The molecule has 3 nitrogen and oxygen atoms in total.